The van der Waals surface area contributed by atoms with Gasteiger partial charge in [0.25, 0.3) is 0 Å². The van der Waals surface area contributed by atoms with Gasteiger partial charge in [-0.25, -0.2) is 19.7 Å². The van der Waals surface area contributed by atoms with Crippen molar-refractivity contribution in [1.29, 1.82) is 5.26 Å². The number of rotatable bonds is 6. The molecule has 0 fully saturated rings. The van der Waals surface area contributed by atoms with Crippen molar-refractivity contribution in [3.8, 4) is 17.3 Å². The third-order valence-corrected chi connectivity index (χ3v) is 7.72. The Balaban J connectivity index is 1.65. The number of carbonyl (C=O) groups is 1. The maximum atomic E-state index is 12.4. The maximum Gasteiger partial charge on any atom is 0.376 e. The minimum Gasteiger partial charge on any atom is -0.463 e. The highest BCUT2D eigenvalue weighted by Crippen LogP contribution is 2.44. The number of fused-ring (bicyclic) bond motifs is 2. The lowest BCUT2D eigenvalue weighted by atomic mass is 9.77. The van der Waals surface area contributed by atoms with E-state index in [1.54, 1.807) is 12.3 Å². The van der Waals surface area contributed by atoms with Gasteiger partial charge < -0.3 is 4.74 Å². The normalized spacial score (nSPS) is 11.4. The van der Waals surface area contributed by atoms with Gasteiger partial charge in [0, 0.05) is 17.1 Å². The first-order chi connectivity index (χ1) is 21.1. The molecule has 0 aliphatic rings. The van der Waals surface area contributed by atoms with Gasteiger partial charge >= 0.3 is 5.97 Å². The molecule has 0 unspecified atom stereocenters. The molecule has 3 aromatic heterocycles. The van der Waals surface area contributed by atoms with Crippen molar-refractivity contribution < 1.29 is 9.53 Å². The Hall–Kier alpha value is -6.07. The van der Waals surface area contributed by atoms with E-state index in [2.05, 4.69) is 67.2 Å². The minimum absolute atomic E-state index is 0.00251. The van der Waals surface area contributed by atoms with Crippen LogP contribution >= 0.6 is 0 Å². The van der Waals surface area contributed by atoms with Crippen molar-refractivity contribution >= 4 is 27.9 Å². The Labute approximate surface area is 246 Å². The zero-order valence-electron chi connectivity index (χ0n) is 23.1. The number of imidazole rings is 1. The Morgan fingerprint density at radius 3 is 1.86 bits per heavy atom. The third-order valence-electron chi connectivity index (χ3n) is 7.72. The van der Waals surface area contributed by atoms with Crippen LogP contribution in [0, 0.1) is 11.3 Å². The van der Waals surface area contributed by atoms with Crippen LogP contribution in [-0.4, -0.2) is 37.8 Å². The fraction of sp³-hybridized carbons (Fsp3) is 0.0571. The first-order valence-corrected chi connectivity index (χ1v) is 13.7. The maximum absolute atomic E-state index is 12.4. The highest BCUT2D eigenvalue weighted by Gasteiger charge is 2.40. The average molecular weight is 561 g/mol. The zero-order chi connectivity index (χ0) is 29.4. The summed E-state index contributed by atoms with van der Waals surface area (Å²) in [5.74, 6) is -0.596. The van der Waals surface area contributed by atoms with Crippen molar-refractivity contribution in [2.45, 2.75) is 5.54 Å². The molecule has 0 spiro atoms. The number of carbonyl (C=O) groups excluding carboxylic acids is 1. The molecule has 0 atom stereocenters. The van der Waals surface area contributed by atoms with Crippen LogP contribution in [-0.2, 0) is 10.3 Å². The quantitative estimate of drug-likeness (QED) is 0.184. The number of pyridine rings is 1. The molecule has 0 aliphatic heterocycles. The van der Waals surface area contributed by atoms with Crippen molar-refractivity contribution in [3.63, 3.8) is 0 Å². The van der Waals surface area contributed by atoms with Crippen LogP contribution in [0.25, 0.3) is 33.2 Å². The van der Waals surface area contributed by atoms with Gasteiger partial charge in [-0.15, -0.1) is 0 Å². The summed E-state index contributed by atoms with van der Waals surface area (Å²) in [7, 11) is 1.31. The van der Waals surface area contributed by atoms with E-state index in [4.69, 9.17) is 4.74 Å². The number of aromatic nitrogens is 5. The average Bonchev–Trinajstić information content (AvgIpc) is 3.67. The number of hydrogen-bond donors (Lipinski definition) is 1. The molecule has 0 saturated heterocycles. The second-order valence-corrected chi connectivity index (χ2v) is 10.1. The highest BCUT2D eigenvalue weighted by atomic mass is 16.5. The van der Waals surface area contributed by atoms with Crippen LogP contribution in [0.3, 0.4) is 0 Å². The number of nitrogens with zero attached hydrogens (tertiary/aromatic N) is 5. The van der Waals surface area contributed by atoms with Gasteiger partial charge in [-0.05, 0) is 41.0 Å². The van der Waals surface area contributed by atoms with Gasteiger partial charge in [0.15, 0.2) is 0 Å². The molecule has 43 heavy (non-hydrogen) atoms. The van der Waals surface area contributed by atoms with Crippen LogP contribution in [0.15, 0.2) is 121 Å². The molecule has 4 aromatic carbocycles. The van der Waals surface area contributed by atoms with Crippen molar-refractivity contribution in [2.24, 2.45) is 0 Å². The second-order valence-electron chi connectivity index (χ2n) is 10.1. The lowest BCUT2D eigenvalue weighted by Crippen LogP contribution is -2.38. The summed E-state index contributed by atoms with van der Waals surface area (Å²) in [4.78, 5) is 25.7. The molecule has 0 bridgehead atoms. The molecule has 7 rings (SSSR count). The summed E-state index contributed by atoms with van der Waals surface area (Å²) < 4.78 is 7.06. The van der Waals surface area contributed by atoms with Crippen LogP contribution in [0.5, 0.6) is 0 Å². The molecule has 7 aromatic rings. The summed E-state index contributed by atoms with van der Waals surface area (Å²) in [5, 5.41) is 14.0. The first kappa shape index (κ1) is 25.9. The molecule has 0 radical (unpaired) electrons. The number of methoxy groups -OCH3 is 1. The van der Waals surface area contributed by atoms with Gasteiger partial charge in [0.2, 0.25) is 5.82 Å². The highest BCUT2D eigenvalue weighted by molar-refractivity contribution is 6.02. The van der Waals surface area contributed by atoms with E-state index in [1.807, 2.05) is 72.8 Å². The van der Waals surface area contributed by atoms with Crippen LogP contribution in [0.4, 0.5) is 0 Å². The number of H-pyrrole nitrogens is 1. The molecule has 206 valence electrons. The molecule has 1 N–H and O–H groups in total. The number of esters is 1. The Kier molecular flexibility index (Phi) is 6.26. The van der Waals surface area contributed by atoms with E-state index in [1.165, 1.54) is 7.11 Å². The van der Waals surface area contributed by atoms with Crippen LogP contribution in [0.2, 0.25) is 0 Å². The topological polar surface area (TPSA) is 109 Å². The van der Waals surface area contributed by atoms with Crippen LogP contribution < -0.4 is 0 Å². The van der Waals surface area contributed by atoms with E-state index >= 15 is 0 Å². The van der Waals surface area contributed by atoms with Gasteiger partial charge in [0.1, 0.15) is 17.3 Å². The number of nitriles is 1. The second kappa shape index (κ2) is 10.4. The van der Waals surface area contributed by atoms with Gasteiger partial charge in [-0.1, -0.05) is 91.0 Å². The molecule has 8 heteroatoms. The standard InChI is InChI=1S/C35H24N6O2/c1-43-34(42)33-38-29-19-28-31(20-30(29)39-33)41(40-32(28)23-17-18-27(21-36)37-22-23)35(24-11-5-2-6-12-24,25-13-7-3-8-14-25)26-15-9-4-10-16-26/h2-20,22,40H,1H3. The van der Waals surface area contributed by atoms with Crippen molar-refractivity contribution in [1.82, 2.24) is 24.7 Å². The number of ether oxygens (including phenoxy) is 1. The van der Waals surface area contributed by atoms with Crippen LogP contribution in [0.1, 0.15) is 33.0 Å². The van der Waals surface area contributed by atoms with E-state index in [0.29, 0.717) is 16.7 Å². The third kappa shape index (κ3) is 4.14. The fourth-order valence-corrected chi connectivity index (χ4v) is 5.82. The van der Waals surface area contributed by atoms with E-state index in [0.717, 1.165) is 38.9 Å². The fourth-order valence-electron chi connectivity index (χ4n) is 5.82. The molecule has 0 amide bonds. The summed E-state index contributed by atoms with van der Waals surface area (Å²) >= 11 is 0. The minimum atomic E-state index is -0.848. The lowest BCUT2D eigenvalue weighted by Gasteiger charge is -2.37. The van der Waals surface area contributed by atoms with Gasteiger partial charge in [-0.3, -0.25) is 9.78 Å². The van der Waals surface area contributed by atoms with E-state index in [-0.39, 0.29) is 5.82 Å². The Bertz CT molecular complexity index is 2030. The number of benzene rings is 4. The SMILES string of the molecule is COC(=O)c1nc2cc3c(-c4ccc(C#N)nc4)[nH]n(C(c4ccccc4)(c4ccccc4)c4ccccc4)c3cc2n1. The summed E-state index contributed by atoms with van der Waals surface area (Å²) in [5.41, 5.74) is 6.11. The first-order valence-electron chi connectivity index (χ1n) is 13.7. The number of hydrogen-bond acceptors (Lipinski definition) is 6. The van der Waals surface area contributed by atoms with E-state index < -0.39 is 11.5 Å². The summed E-state index contributed by atoms with van der Waals surface area (Å²) in [6.45, 7) is 0. The smallest absolute Gasteiger partial charge is 0.376 e. The summed E-state index contributed by atoms with van der Waals surface area (Å²) in [6, 6.07) is 40.5. The molecule has 8 nitrogen and oxygen atoms in total. The zero-order valence-corrected chi connectivity index (χ0v) is 23.1. The predicted octanol–water partition coefficient (Wildman–Crippen LogP) is 6.47. The van der Waals surface area contributed by atoms with Crippen molar-refractivity contribution in [3.05, 3.63) is 150 Å². The Morgan fingerprint density at radius 2 is 1.37 bits per heavy atom. The van der Waals surface area contributed by atoms with E-state index in [9.17, 15) is 10.1 Å². The van der Waals surface area contributed by atoms with Gasteiger partial charge in [-0.2, -0.15) is 5.26 Å². The number of aromatic amines is 1. The Morgan fingerprint density at radius 1 is 0.814 bits per heavy atom. The molecule has 0 aliphatic carbocycles. The molecule has 0 saturated carbocycles. The summed E-state index contributed by atoms with van der Waals surface area (Å²) in [6.07, 6.45) is 1.68. The predicted molar refractivity (Wildman–Crippen MR) is 163 cm³/mol. The molecular formula is C35H24N6O2. The monoisotopic (exact) mass is 560 g/mol. The molecule has 3 heterocycles. The van der Waals surface area contributed by atoms with Crippen molar-refractivity contribution in [2.75, 3.05) is 7.11 Å². The lowest BCUT2D eigenvalue weighted by molar-refractivity contribution is 0.0588. The molecular weight excluding hydrogens is 536 g/mol. The van der Waals surface area contributed by atoms with Gasteiger partial charge in [0.05, 0.1) is 29.4 Å². The largest absolute Gasteiger partial charge is 0.463 e. The number of nitrogens with one attached hydrogen (secondary N) is 1.